The Bertz CT molecular complexity index is 883. The molecule has 4 rings (SSSR count). The fourth-order valence-electron chi connectivity index (χ4n) is 2.34. The van der Waals surface area contributed by atoms with Gasteiger partial charge in [0.25, 0.3) is 0 Å². The monoisotopic (exact) mass is 347 g/mol. The first-order valence-corrected chi connectivity index (χ1v) is 8.69. The van der Waals surface area contributed by atoms with Crippen LogP contribution < -0.4 is 5.32 Å². The molecule has 0 aliphatic carbocycles. The smallest absolute Gasteiger partial charge is 0.356 e. The minimum atomic E-state index is -0.524. The molecule has 0 bridgehead atoms. The van der Waals surface area contributed by atoms with Gasteiger partial charge < -0.3 is 10.1 Å². The van der Waals surface area contributed by atoms with Crippen molar-refractivity contribution in [2.45, 2.75) is 6.23 Å². The summed E-state index contributed by atoms with van der Waals surface area (Å²) in [6, 6.07) is 11.8. The van der Waals surface area contributed by atoms with Crippen molar-refractivity contribution in [2.75, 3.05) is 0 Å². The lowest BCUT2D eigenvalue weighted by Gasteiger charge is -2.07. The average molecular weight is 348 g/mol. The first-order valence-electron chi connectivity index (χ1n) is 6.62. The molecule has 0 spiro atoms. The number of carbonyl (C=O) groups excluding carboxylic acids is 1. The molecule has 0 radical (unpaired) electrons. The van der Waals surface area contributed by atoms with Crippen molar-refractivity contribution in [3.8, 4) is 0 Å². The van der Waals surface area contributed by atoms with Crippen LogP contribution in [0.4, 0.5) is 0 Å². The van der Waals surface area contributed by atoms with E-state index in [4.69, 9.17) is 16.3 Å². The van der Waals surface area contributed by atoms with Crippen molar-refractivity contribution in [1.82, 2.24) is 5.32 Å². The van der Waals surface area contributed by atoms with Gasteiger partial charge in [0.05, 0.1) is 9.90 Å². The van der Waals surface area contributed by atoms with E-state index in [9.17, 15) is 4.79 Å². The molecule has 1 fully saturated rings. The molecule has 3 aromatic rings. The highest BCUT2D eigenvalue weighted by molar-refractivity contribution is 7.19. The van der Waals surface area contributed by atoms with E-state index in [1.807, 2.05) is 41.8 Å². The van der Waals surface area contributed by atoms with Gasteiger partial charge in [0.1, 0.15) is 5.70 Å². The first-order chi connectivity index (χ1) is 10.7. The molecule has 1 aliphatic rings. The number of benzene rings is 1. The minimum Gasteiger partial charge on any atom is -0.432 e. The average Bonchev–Trinajstić information content (AvgIpc) is 3.22. The maximum Gasteiger partial charge on any atom is 0.356 e. The van der Waals surface area contributed by atoms with Crippen LogP contribution in [0.15, 0.2) is 47.5 Å². The summed E-state index contributed by atoms with van der Waals surface area (Å²) in [6.45, 7) is 0. The number of hydrogen-bond donors (Lipinski definition) is 1. The summed E-state index contributed by atoms with van der Waals surface area (Å²) in [6.07, 6.45) is 1.28. The van der Waals surface area contributed by atoms with Crippen LogP contribution in [0.1, 0.15) is 16.0 Å². The molecule has 1 aromatic carbocycles. The van der Waals surface area contributed by atoms with Crippen LogP contribution in [-0.2, 0) is 9.53 Å². The SMILES string of the molecule is O=C1O[C@@H](c2sc3ccccc3c2Cl)N/C1=C/c1cccs1. The summed E-state index contributed by atoms with van der Waals surface area (Å²) < 4.78 is 6.51. The third-order valence-electron chi connectivity index (χ3n) is 3.36. The van der Waals surface area contributed by atoms with Gasteiger partial charge in [-0.05, 0) is 23.6 Å². The molecule has 1 atom stereocenters. The second-order valence-electron chi connectivity index (χ2n) is 4.78. The van der Waals surface area contributed by atoms with Gasteiger partial charge >= 0.3 is 5.97 Å². The Labute approximate surface area is 139 Å². The highest BCUT2D eigenvalue weighted by Gasteiger charge is 2.32. The number of ether oxygens (including phenoxy) is 1. The maximum atomic E-state index is 12.0. The van der Waals surface area contributed by atoms with Gasteiger partial charge in [0.15, 0.2) is 0 Å². The molecular formula is C16H10ClNO2S2. The van der Waals surface area contributed by atoms with Crippen molar-refractivity contribution in [3.63, 3.8) is 0 Å². The summed E-state index contributed by atoms with van der Waals surface area (Å²) in [5.41, 5.74) is 0.459. The van der Waals surface area contributed by atoms with Crippen LogP contribution in [-0.4, -0.2) is 5.97 Å². The number of cyclic esters (lactones) is 1. The van der Waals surface area contributed by atoms with Crippen LogP contribution in [0.5, 0.6) is 0 Å². The Kier molecular flexibility index (Phi) is 3.41. The number of carbonyl (C=O) groups is 1. The fraction of sp³-hybridized carbons (Fsp3) is 0.0625. The lowest BCUT2D eigenvalue weighted by Crippen LogP contribution is -2.11. The highest BCUT2D eigenvalue weighted by atomic mass is 35.5. The summed E-state index contributed by atoms with van der Waals surface area (Å²) in [5, 5.41) is 6.71. The van der Waals surface area contributed by atoms with Gasteiger partial charge in [0, 0.05) is 15.0 Å². The highest BCUT2D eigenvalue weighted by Crippen LogP contribution is 2.41. The molecule has 1 saturated heterocycles. The number of rotatable bonds is 2. The molecule has 0 unspecified atom stereocenters. The summed E-state index contributed by atoms with van der Waals surface area (Å²) in [4.78, 5) is 13.9. The summed E-state index contributed by atoms with van der Waals surface area (Å²) in [7, 11) is 0. The molecule has 0 saturated carbocycles. The first kappa shape index (κ1) is 13.8. The van der Waals surface area contributed by atoms with E-state index in [0.717, 1.165) is 19.8 Å². The molecule has 1 N–H and O–H groups in total. The van der Waals surface area contributed by atoms with Crippen LogP contribution in [0, 0.1) is 0 Å². The lowest BCUT2D eigenvalue weighted by atomic mass is 10.2. The van der Waals surface area contributed by atoms with Gasteiger partial charge in [-0.15, -0.1) is 22.7 Å². The predicted octanol–water partition coefficient (Wildman–Crippen LogP) is 4.80. The molecule has 3 heterocycles. The zero-order valence-corrected chi connectivity index (χ0v) is 13.6. The molecule has 110 valence electrons. The van der Waals surface area contributed by atoms with E-state index in [0.29, 0.717) is 10.7 Å². The quantitative estimate of drug-likeness (QED) is 0.534. The molecule has 1 aliphatic heterocycles. The van der Waals surface area contributed by atoms with Crippen LogP contribution in [0.2, 0.25) is 5.02 Å². The molecule has 22 heavy (non-hydrogen) atoms. The fourth-order valence-corrected chi connectivity index (χ4v) is 4.51. The number of hydrogen-bond acceptors (Lipinski definition) is 5. The topological polar surface area (TPSA) is 38.3 Å². The van der Waals surface area contributed by atoms with Gasteiger partial charge in [-0.25, -0.2) is 4.79 Å². The second-order valence-corrected chi connectivity index (χ2v) is 7.22. The lowest BCUT2D eigenvalue weighted by molar-refractivity contribution is -0.139. The molecular weight excluding hydrogens is 338 g/mol. The minimum absolute atomic E-state index is 0.355. The number of halogens is 1. The van der Waals surface area contributed by atoms with E-state index in [1.54, 1.807) is 17.4 Å². The third-order valence-corrected chi connectivity index (χ3v) is 5.91. The maximum absolute atomic E-state index is 12.0. The largest absolute Gasteiger partial charge is 0.432 e. The number of thiophene rings is 2. The standard InChI is InChI=1S/C16H10ClNO2S2/c17-13-10-5-1-2-6-12(10)22-14(13)15-18-11(16(19)20-15)8-9-4-3-7-21-9/h1-8,15,18H/b11-8+/t15-/m0/s1. The van der Waals surface area contributed by atoms with Gasteiger partial charge in [0.2, 0.25) is 6.23 Å². The van der Waals surface area contributed by atoms with Crippen LogP contribution in [0.25, 0.3) is 16.2 Å². The van der Waals surface area contributed by atoms with Crippen LogP contribution >= 0.6 is 34.3 Å². The molecule has 6 heteroatoms. The zero-order chi connectivity index (χ0) is 15.1. The Morgan fingerprint density at radius 3 is 2.86 bits per heavy atom. The molecule has 3 nitrogen and oxygen atoms in total. The van der Waals surface area contributed by atoms with Crippen molar-refractivity contribution < 1.29 is 9.53 Å². The Morgan fingerprint density at radius 1 is 1.23 bits per heavy atom. The van der Waals surface area contributed by atoms with Gasteiger partial charge in [-0.3, -0.25) is 0 Å². The third kappa shape index (κ3) is 2.31. The number of esters is 1. The van der Waals surface area contributed by atoms with Crippen molar-refractivity contribution in [2.24, 2.45) is 0 Å². The van der Waals surface area contributed by atoms with E-state index in [1.165, 1.54) is 11.3 Å². The van der Waals surface area contributed by atoms with E-state index >= 15 is 0 Å². The van der Waals surface area contributed by atoms with Gasteiger partial charge in [-0.1, -0.05) is 35.9 Å². The van der Waals surface area contributed by atoms with Gasteiger partial charge in [-0.2, -0.15) is 0 Å². The zero-order valence-electron chi connectivity index (χ0n) is 11.2. The molecule has 0 amide bonds. The Hall–Kier alpha value is -1.82. The van der Waals surface area contributed by atoms with E-state index < -0.39 is 6.23 Å². The number of nitrogens with one attached hydrogen (secondary N) is 1. The number of fused-ring (bicyclic) bond motifs is 1. The van der Waals surface area contributed by atoms with Crippen molar-refractivity contribution in [1.29, 1.82) is 0 Å². The summed E-state index contributed by atoms with van der Waals surface area (Å²) >= 11 is 9.54. The Morgan fingerprint density at radius 2 is 2.09 bits per heavy atom. The van der Waals surface area contributed by atoms with Crippen LogP contribution in [0.3, 0.4) is 0 Å². The predicted molar refractivity (Wildman–Crippen MR) is 91.1 cm³/mol. The molecule has 2 aromatic heterocycles. The Balaban J connectivity index is 1.69. The van der Waals surface area contributed by atoms with Crippen molar-refractivity contribution >= 4 is 56.4 Å². The normalized spacial score (nSPS) is 19.6. The summed E-state index contributed by atoms with van der Waals surface area (Å²) in [5.74, 6) is -0.355. The van der Waals surface area contributed by atoms with E-state index in [-0.39, 0.29) is 5.97 Å². The van der Waals surface area contributed by atoms with E-state index in [2.05, 4.69) is 5.32 Å². The second kappa shape index (κ2) is 5.43. The van der Waals surface area contributed by atoms with Crippen molar-refractivity contribution in [3.05, 3.63) is 62.3 Å².